The molecule has 104 valence electrons. The van der Waals surface area contributed by atoms with Crippen LogP contribution in [-0.4, -0.2) is 18.3 Å². The van der Waals surface area contributed by atoms with Crippen molar-refractivity contribution < 1.29 is 14.6 Å². The molecule has 2 aliphatic heterocycles. The van der Waals surface area contributed by atoms with Crippen LogP contribution in [0.1, 0.15) is 43.4 Å². The minimum absolute atomic E-state index is 0.724. The summed E-state index contributed by atoms with van der Waals surface area (Å²) in [6, 6.07) is 0. The molecule has 0 atom stereocenters. The summed E-state index contributed by atoms with van der Waals surface area (Å²) in [5.41, 5.74) is 2.25. The van der Waals surface area contributed by atoms with Crippen LogP contribution in [-0.2, 0) is 18.4 Å². The van der Waals surface area contributed by atoms with Crippen LogP contribution in [0.4, 0.5) is 0 Å². The standard InChI is InChI=1S/C15H19BrO3/c1-15(2,17)11-9-5-3-8-19-14(9)12(16)10-6-4-7-18-13(10)11/h17H,3-8H2,1-2H3. The van der Waals surface area contributed by atoms with Gasteiger partial charge in [-0.15, -0.1) is 0 Å². The molecule has 1 aromatic carbocycles. The monoisotopic (exact) mass is 326 g/mol. The van der Waals surface area contributed by atoms with Crippen LogP contribution < -0.4 is 9.47 Å². The lowest BCUT2D eigenvalue weighted by atomic mass is 9.85. The molecule has 0 bridgehead atoms. The van der Waals surface area contributed by atoms with E-state index >= 15 is 0 Å². The van der Waals surface area contributed by atoms with Crippen molar-refractivity contribution in [1.29, 1.82) is 0 Å². The summed E-state index contributed by atoms with van der Waals surface area (Å²) in [5.74, 6) is 1.78. The molecule has 0 amide bonds. The molecule has 0 spiro atoms. The van der Waals surface area contributed by atoms with Gasteiger partial charge in [0, 0.05) is 16.7 Å². The van der Waals surface area contributed by atoms with E-state index in [1.807, 2.05) is 13.8 Å². The van der Waals surface area contributed by atoms with Crippen molar-refractivity contribution in [1.82, 2.24) is 0 Å². The van der Waals surface area contributed by atoms with Gasteiger partial charge in [-0.3, -0.25) is 0 Å². The number of aliphatic hydroxyl groups is 1. The van der Waals surface area contributed by atoms with Crippen molar-refractivity contribution in [3.8, 4) is 11.5 Å². The lowest BCUT2D eigenvalue weighted by molar-refractivity contribution is 0.0716. The summed E-state index contributed by atoms with van der Waals surface area (Å²) < 4.78 is 12.7. The van der Waals surface area contributed by atoms with E-state index in [-0.39, 0.29) is 0 Å². The molecular formula is C15H19BrO3. The maximum Gasteiger partial charge on any atom is 0.137 e. The Kier molecular flexibility index (Phi) is 3.26. The molecule has 2 aliphatic rings. The maximum absolute atomic E-state index is 10.5. The molecule has 0 aliphatic carbocycles. The number of hydrogen-bond donors (Lipinski definition) is 1. The molecule has 0 fully saturated rings. The van der Waals surface area contributed by atoms with Crippen LogP contribution in [0, 0.1) is 0 Å². The number of benzene rings is 1. The zero-order valence-electron chi connectivity index (χ0n) is 11.4. The molecule has 0 saturated carbocycles. The highest BCUT2D eigenvalue weighted by Gasteiger charge is 2.34. The first-order chi connectivity index (χ1) is 9.00. The van der Waals surface area contributed by atoms with Crippen molar-refractivity contribution in [2.24, 2.45) is 0 Å². The van der Waals surface area contributed by atoms with Gasteiger partial charge < -0.3 is 14.6 Å². The lowest BCUT2D eigenvalue weighted by Crippen LogP contribution is -2.25. The number of halogens is 1. The normalized spacial score (nSPS) is 18.1. The third kappa shape index (κ3) is 2.15. The van der Waals surface area contributed by atoms with E-state index in [0.29, 0.717) is 0 Å². The molecule has 0 saturated heterocycles. The Hall–Kier alpha value is -0.740. The van der Waals surface area contributed by atoms with Crippen LogP contribution in [0.5, 0.6) is 11.5 Å². The van der Waals surface area contributed by atoms with Gasteiger partial charge in [0.15, 0.2) is 0 Å². The molecule has 1 aromatic rings. The fraction of sp³-hybridized carbons (Fsp3) is 0.600. The van der Waals surface area contributed by atoms with E-state index in [0.717, 1.165) is 71.6 Å². The molecule has 1 N–H and O–H groups in total. The van der Waals surface area contributed by atoms with Crippen LogP contribution >= 0.6 is 15.9 Å². The Bertz CT molecular complexity index is 480. The van der Waals surface area contributed by atoms with Crippen LogP contribution in [0.2, 0.25) is 0 Å². The van der Waals surface area contributed by atoms with Crippen LogP contribution in [0.3, 0.4) is 0 Å². The second-order valence-electron chi connectivity index (χ2n) is 5.77. The van der Waals surface area contributed by atoms with Crippen molar-refractivity contribution in [3.05, 3.63) is 21.2 Å². The van der Waals surface area contributed by atoms with E-state index < -0.39 is 5.60 Å². The van der Waals surface area contributed by atoms with E-state index in [9.17, 15) is 5.11 Å². The molecule has 19 heavy (non-hydrogen) atoms. The second-order valence-corrected chi connectivity index (χ2v) is 6.56. The van der Waals surface area contributed by atoms with Crippen molar-refractivity contribution in [2.45, 2.75) is 45.1 Å². The third-order valence-corrected chi connectivity index (χ3v) is 4.63. The molecular weight excluding hydrogens is 308 g/mol. The highest BCUT2D eigenvalue weighted by Crippen LogP contribution is 2.49. The average molecular weight is 327 g/mol. The molecule has 4 heteroatoms. The average Bonchev–Trinajstić information content (AvgIpc) is 2.38. The summed E-state index contributed by atoms with van der Waals surface area (Å²) >= 11 is 3.67. The van der Waals surface area contributed by atoms with E-state index in [1.54, 1.807) is 0 Å². The first-order valence-electron chi connectivity index (χ1n) is 6.86. The summed E-state index contributed by atoms with van der Waals surface area (Å²) in [6.07, 6.45) is 3.90. The zero-order valence-corrected chi connectivity index (χ0v) is 13.0. The summed E-state index contributed by atoms with van der Waals surface area (Å²) in [4.78, 5) is 0. The number of rotatable bonds is 1. The van der Waals surface area contributed by atoms with Crippen molar-refractivity contribution >= 4 is 15.9 Å². The van der Waals surface area contributed by atoms with E-state index in [1.165, 1.54) is 0 Å². The predicted octanol–water partition coefficient (Wildman–Crippen LogP) is 3.33. The van der Waals surface area contributed by atoms with Gasteiger partial charge in [-0.25, -0.2) is 0 Å². The smallest absolute Gasteiger partial charge is 0.137 e. The summed E-state index contributed by atoms with van der Waals surface area (Å²) in [7, 11) is 0. The van der Waals surface area contributed by atoms with Crippen LogP contribution in [0.15, 0.2) is 4.47 Å². The van der Waals surface area contributed by atoms with Gasteiger partial charge in [0.1, 0.15) is 11.5 Å². The maximum atomic E-state index is 10.5. The third-order valence-electron chi connectivity index (χ3n) is 3.79. The quantitative estimate of drug-likeness (QED) is 0.860. The fourth-order valence-corrected chi connectivity index (χ4v) is 3.77. The van der Waals surface area contributed by atoms with Crippen LogP contribution in [0.25, 0.3) is 0 Å². The number of ether oxygens (including phenoxy) is 2. The molecule has 0 radical (unpaired) electrons. The lowest BCUT2D eigenvalue weighted by Gasteiger charge is -2.33. The molecule has 2 heterocycles. The zero-order chi connectivity index (χ0) is 13.6. The summed E-state index contributed by atoms with van der Waals surface area (Å²) in [5, 5.41) is 10.5. The Balaban J connectivity index is 2.31. The van der Waals surface area contributed by atoms with Gasteiger partial charge in [-0.05, 0) is 55.5 Å². The highest BCUT2D eigenvalue weighted by molar-refractivity contribution is 9.10. The van der Waals surface area contributed by atoms with Gasteiger partial charge in [-0.1, -0.05) is 0 Å². The number of fused-ring (bicyclic) bond motifs is 2. The van der Waals surface area contributed by atoms with Gasteiger partial charge >= 0.3 is 0 Å². The highest BCUT2D eigenvalue weighted by atomic mass is 79.9. The summed E-state index contributed by atoms with van der Waals surface area (Å²) in [6.45, 7) is 5.12. The van der Waals surface area contributed by atoms with Gasteiger partial charge in [0.25, 0.3) is 0 Å². The van der Waals surface area contributed by atoms with E-state index in [4.69, 9.17) is 9.47 Å². The van der Waals surface area contributed by atoms with Crippen molar-refractivity contribution in [2.75, 3.05) is 13.2 Å². The topological polar surface area (TPSA) is 38.7 Å². The minimum Gasteiger partial charge on any atom is -0.493 e. The Labute approximate surface area is 122 Å². The predicted molar refractivity (Wildman–Crippen MR) is 77.0 cm³/mol. The van der Waals surface area contributed by atoms with E-state index in [2.05, 4.69) is 15.9 Å². The molecule has 3 nitrogen and oxygen atoms in total. The fourth-order valence-electron chi connectivity index (χ4n) is 3.04. The Morgan fingerprint density at radius 1 is 1.00 bits per heavy atom. The first-order valence-corrected chi connectivity index (χ1v) is 7.65. The van der Waals surface area contributed by atoms with Gasteiger partial charge in [0.05, 0.1) is 23.3 Å². The first kappa shape index (κ1) is 13.3. The Morgan fingerprint density at radius 2 is 1.58 bits per heavy atom. The van der Waals surface area contributed by atoms with Gasteiger partial charge in [0.2, 0.25) is 0 Å². The Morgan fingerprint density at radius 3 is 2.21 bits per heavy atom. The number of hydrogen-bond acceptors (Lipinski definition) is 3. The molecule has 3 rings (SSSR count). The van der Waals surface area contributed by atoms with Crippen molar-refractivity contribution in [3.63, 3.8) is 0 Å². The second kappa shape index (κ2) is 4.67. The SMILES string of the molecule is CC(C)(O)c1c2c(c(Br)c3c1OCCC3)OCCC2. The van der Waals surface area contributed by atoms with Gasteiger partial charge in [-0.2, -0.15) is 0 Å². The largest absolute Gasteiger partial charge is 0.493 e. The molecule has 0 unspecified atom stereocenters. The minimum atomic E-state index is -0.910. The molecule has 0 aromatic heterocycles.